The highest BCUT2D eigenvalue weighted by Gasteiger charge is 2.15. The van der Waals surface area contributed by atoms with Gasteiger partial charge in [0.15, 0.2) is 17.5 Å². The fraction of sp³-hybridized carbons (Fsp3) is 0.188. The van der Waals surface area contributed by atoms with Gasteiger partial charge in [-0.15, -0.1) is 10.2 Å². The minimum absolute atomic E-state index is 0.0979. The van der Waals surface area contributed by atoms with E-state index in [1.807, 2.05) is 6.92 Å². The van der Waals surface area contributed by atoms with E-state index in [0.29, 0.717) is 29.8 Å². The Hall–Kier alpha value is -3.14. The quantitative estimate of drug-likeness (QED) is 0.647. The van der Waals surface area contributed by atoms with Gasteiger partial charge in [0.2, 0.25) is 0 Å². The summed E-state index contributed by atoms with van der Waals surface area (Å²) in [7, 11) is -3.77. The van der Waals surface area contributed by atoms with Gasteiger partial charge in [-0.2, -0.15) is 0 Å². The van der Waals surface area contributed by atoms with E-state index in [2.05, 4.69) is 25.4 Å². The molecule has 0 aliphatic heterocycles. The lowest BCUT2D eigenvalue weighted by atomic mass is 10.3. The molecule has 0 amide bonds. The molecular formula is C16H17N5O4S. The van der Waals surface area contributed by atoms with Gasteiger partial charge in [-0.3, -0.25) is 4.72 Å². The van der Waals surface area contributed by atoms with Gasteiger partial charge in [0.05, 0.1) is 11.5 Å². The molecule has 0 atom stereocenters. The van der Waals surface area contributed by atoms with E-state index in [1.54, 1.807) is 31.2 Å². The molecule has 0 radical (unpaired) electrons. The van der Waals surface area contributed by atoms with E-state index in [-0.39, 0.29) is 10.7 Å². The van der Waals surface area contributed by atoms with E-state index in [0.717, 1.165) is 0 Å². The van der Waals surface area contributed by atoms with Crippen LogP contribution in [0.15, 0.2) is 51.9 Å². The molecule has 2 N–H and O–H groups in total. The molecule has 3 rings (SSSR count). The predicted molar refractivity (Wildman–Crippen MR) is 95.0 cm³/mol. The maximum Gasteiger partial charge on any atom is 0.263 e. The summed E-state index contributed by atoms with van der Waals surface area (Å²) in [6, 6.07) is 10.9. The molecule has 0 aliphatic rings. The zero-order valence-corrected chi connectivity index (χ0v) is 14.9. The van der Waals surface area contributed by atoms with Crippen LogP contribution in [0, 0.1) is 6.92 Å². The second kappa shape index (κ2) is 7.40. The van der Waals surface area contributed by atoms with Crippen molar-refractivity contribution in [3.05, 3.63) is 48.2 Å². The van der Waals surface area contributed by atoms with E-state index in [9.17, 15) is 8.42 Å². The zero-order chi connectivity index (χ0) is 18.6. The van der Waals surface area contributed by atoms with Crippen LogP contribution in [0.5, 0.6) is 5.75 Å². The van der Waals surface area contributed by atoms with Crippen LogP contribution in [-0.2, 0) is 10.0 Å². The van der Waals surface area contributed by atoms with Crippen LogP contribution < -0.4 is 14.8 Å². The Labute approximate surface area is 150 Å². The number of benzene rings is 1. The molecule has 0 saturated heterocycles. The third-order valence-corrected chi connectivity index (χ3v) is 4.60. The second-order valence-electron chi connectivity index (χ2n) is 5.26. The summed E-state index contributed by atoms with van der Waals surface area (Å²) in [5.41, 5.74) is 0. The van der Waals surface area contributed by atoms with Gasteiger partial charge >= 0.3 is 0 Å². The van der Waals surface area contributed by atoms with E-state index >= 15 is 0 Å². The van der Waals surface area contributed by atoms with Gasteiger partial charge in [-0.05, 0) is 50.2 Å². The lowest BCUT2D eigenvalue weighted by molar-refractivity contribution is 0.340. The summed E-state index contributed by atoms with van der Waals surface area (Å²) >= 11 is 0. The molecule has 0 aliphatic carbocycles. The first kappa shape index (κ1) is 17.7. The molecule has 26 heavy (non-hydrogen) atoms. The van der Waals surface area contributed by atoms with Crippen LogP contribution in [0.1, 0.15) is 12.7 Å². The molecular weight excluding hydrogens is 358 g/mol. The van der Waals surface area contributed by atoms with Crippen LogP contribution in [0.25, 0.3) is 0 Å². The predicted octanol–water partition coefficient (Wildman–Crippen LogP) is 2.72. The highest BCUT2D eigenvalue weighted by molar-refractivity contribution is 7.92. The Kier molecular flexibility index (Phi) is 5.03. The minimum atomic E-state index is -3.77. The van der Waals surface area contributed by atoms with E-state index in [1.165, 1.54) is 18.2 Å². The summed E-state index contributed by atoms with van der Waals surface area (Å²) < 4.78 is 37.4. The van der Waals surface area contributed by atoms with E-state index < -0.39 is 10.0 Å². The van der Waals surface area contributed by atoms with Gasteiger partial charge in [-0.25, -0.2) is 8.42 Å². The van der Waals surface area contributed by atoms with E-state index in [4.69, 9.17) is 9.26 Å². The standard InChI is InChI=1S/C16H17N5O4S/c1-3-24-12-4-6-13(7-5-12)26(22,23)21-15-9-8-14(18-19-15)17-16-10-11(2)25-20-16/h4-10H,3H2,1-2H3,(H,19,21)(H,17,18,20). The van der Waals surface area contributed by atoms with Crippen LogP contribution in [0.3, 0.4) is 0 Å². The molecule has 3 aromatic rings. The maximum absolute atomic E-state index is 12.4. The van der Waals surface area contributed by atoms with Crippen molar-refractivity contribution in [3.8, 4) is 5.75 Å². The number of anilines is 3. The molecule has 0 saturated carbocycles. The molecule has 2 heterocycles. The van der Waals surface area contributed by atoms with Crippen molar-refractivity contribution in [2.45, 2.75) is 18.7 Å². The molecule has 136 valence electrons. The average molecular weight is 375 g/mol. The van der Waals surface area contributed by atoms with Gasteiger partial charge in [0.25, 0.3) is 10.0 Å². The van der Waals surface area contributed by atoms with Gasteiger partial charge in [-0.1, -0.05) is 5.16 Å². The lowest BCUT2D eigenvalue weighted by Gasteiger charge is -2.08. The molecule has 0 spiro atoms. The van der Waals surface area contributed by atoms with Crippen LogP contribution in [-0.4, -0.2) is 30.4 Å². The van der Waals surface area contributed by atoms with Crippen molar-refractivity contribution in [1.29, 1.82) is 0 Å². The number of aromatic nitrogens is 3. The molecule has 0 unspecified atom stereocenters. The Morgan fingerprint density at radius 2 is 1.73 bits per heavy atom. The number of aryl methyl sites for hydroxylation is 1. The van der Waals surface area contributed by atoms with Gasteiger partial charge in [0.1, 0.15) is 11.5 Å². The number of ether oxygens (including phenoxy) is 1. The van der Waals surface area contributed by atoms with Crippen molar-refractivity contribution in [3.63, 3.8) is 0 Å². The number of nitrogens with one attached hydrogen (secondary N) is 2. The highest BCUT2D eigenvalue weighted by Crippen LogP contribution is 2.19. The number of hydrogen-bond acceptors (Lipinski definition) is 8. The van der Waals surface area contributed by atoms with Crippen molar-refractivity contribution in [2.75, 3.05) is 16.6 Å². The van der Waals surface area contributed by atoms with Gasteiger partial charge in [0, 0.05) is 6.07 Å². The number of rotatable bonds is 7. The number of sulfonamides is 1. The lowest BCUT2D eigenvalue weighted by Crippen LogP contribution is -2.14. The molecule has 1 aromatic carbocycles. The summed E-state index contributed by atoms with van der Waals surface area (Å²) in [4.78, 5) is 0.100. The Morgan fingerprint density at radius 1 is 1.04 bits per heavy atom. The average Bonchev–Trinajstić information content (AvgIpc) is 3.02. The summed E-state index contributed by atoms with van der Waals surface area (Å²) in [5, 5.41) is 14.4. The number of nitrogens with zero attached hydrogens (tertiary/aromatic N) is 3. The van der Waals surface area contributed by atoms with Crippen molar-refractivity contribution < 1.29 is 17.7 Å². The smallest absolute Gasteiger partial charge is 0.263 e. The first-order chi connectivity index (χ1) is 12.5. The fourth-order valence-corrected chi connectivity index (χ4v) is 3.08. The summed E-state index contributed by atoms with van der Waals surface area (Å²) in [5.74, 6) is 2.24. The SMILES string of the molecule is CCOc1ccc(S(=O)(=O)Nc2ccc(Nc3cc(C)on3)nn2)cc1. The van der Waals surface area contributed by atoms with Crippen LogP contribution in [0.2, 0.25) is 0 Å². The third-order valence-electron chi connectivity index (χ3n) is 3.23. The maximum atomic E-state index is 12.4. The topological polar surface area (TPSA) is 119 Å². The summed E-state index contributed by atoms with van der Waals surface area (Å²) in [6.45, 7) is 4.13. The molecule has 9 nitrogen and oxygen atoms in total. The van der Waals surface area contributed by atoms with Crippen molar-refractivity contribution >= 4 is 27.5 Å². The van der Waals surface area contributed by atoms with Gasteiger partial charge < -0.3 is 14.6 Å². The normalized spacial score (nSPS) is 11.2. The molecule has 0 fully saturated rings. The monoisotopic (exact) mass is 375 g/mol. The third kappa shape index (κ3) is 4.28. The largest absolute Gasteiger partial charge is 0.494 e. The number of hydrogen-bond donors (Lipinski definition) is 2. The Balaban J connectivity index is 1.69. The first-order valence-electron chi connectivity index (χ1n) is 7.76. The van der Waals surface area contributed by atoms with Crippen molar-refractivity contribution in [2.24, 2.45) is 0 Å². The Morgan fingerprint density at radius 3 is 2.31 bits per heavy atom. The van der Waals surface area contributed by atoms with Crippen LogP contribution >= 0.6 is 0 Å². The minimum Gasteiger partial charge on any atom is -0.494 e. The second-order valence-corrected chi connectivity index (χ2v) is 6.94. The Bertz CT molecular complexity index is 969. The van der Waals surface area contributed by atoms with Crippen LogP contribution in [0.4, 0.5) is 17.5 Å². The first-order valence-corrected chi connectivity index (χ1v) is 9.24. The zero-order valence-electron chi connectivity index (χ0n) is 14.1. The highest BCUT2D eigenvalue weighted by atomic mass is 32.2. The molecule has 2 aromatic heterocycles. The molecule has 0 bridgehead atoms. The fourth-order valence-electron chi connectivity index (χ4n) is 2.09. The van der Waals surface area contributed by atoms with Crippen molar-refractivity contribution in [1.82, 2.24) is 15.4 Å². The summed E-state index contributed by atoms with van der Waals surface area (Å²) in [6.07, 6.45) is 0. The molecule has 10 heteroatoms.